The lowest BCUT2D eigenvalue weighted by Gasteiger charge is -2.05. The smallest absolute Gasteiger partial charge is 0.307 e. The van der Waals surface area contributed by atoms with Gasteiger partial charge in [0, 0.05) is 17.8 Å². The molecular formula is C16H16N2O2S. The van der Waals surface area contributed by atoms with Gasteiger partial charge < -0.3 is 9.67 Å². The summed E-state index contributed by atoms with van der Waals surface area (Å²) in [5.41, 5.74) is 2.73. The van der Waals surface area contributed by atoms with E-state index in [1.54, 1.807) is 11.3 Å². The summed E-state index contributed by atoms with van der Waals surface area (Å²) >= 11 is 1.73. The number of imidazole rings is 1. The van der Waals surface area contributed by atoms with E-state index in [4.69, 9.17) is 10.1 Å². The quantitative estimate of drug-likeness (QED) is 0.786. The molecule has 0 spiro atoms. The molecule has 0 atom stereocenters. The lowest BCUT2D eigenvalue weighted by molar-refractivity contribution is -0.136. The minimum atomic E-state index is -0.817. The van der Waals surface area contributed by atoms with E-state index in [0.717, 1.165) is 35.4 Å². The van der Waals surface area contributed by atoms with Crippen molar-refractivity contribution >= 4 is 28.3 Å². The van der Waals surface area contributed by atoms with Crippen molar-refractivity contribution in [1.29, 1.82) is 0 Å². The first-order chi connectivity index (χ1) is 10.2. The number of hydrogen-bond donors (Lipinski definition) is 1. The fourth-order valence-corrected chi connectivity index (χ4v) is 3.27. The van der Waals surface area contributed by atoms with Gasteiger partial charge in [-0.3, -0.25) is 4.79 Å². The van der Waals surface area contributed by atoms with E-state index in [1.165, 1.54) is 4.88 Å². The van der Waals surface area contributed by atoms with Crippen LogP contribution in [0.3, 0.4) is 0 Å². The van der Waals surface area contributed by atoms with Crippen molar-refractivity contribution in [3.05, 3.63) is 52.0 Å². The Balaban J connectivity index is 2.02. The number of benzene rings is 1. The van der Waals surface area contributed by atoms with Crippen LogP contribution in [0.1, 0.15) is 23.2 Å². The summed E-state index contributed by atoms with van der Waals surface area (Å²) in [6, 6.07) is 9.89. The molecule has 0 saturated carbocycles. The van der Waals surface area contributed by atoms with Crippen molar-refractivity contribution in [3.63, 3.8) is 0 Å². The van der Waals surface area contributed by atoms with Gasteiger partial charge in [-0.2, -0.15) is 0 Å². The zero-order chi connectivity index (χ0) is 14.8. The van der Waals surface area contributed by atoms with Gasteiger partial charge in [0.2, 0.25) is 0 Å². The topological polar surface area (TPSA) is 55.1 Å². The van der Waals surface area contributed by atoms with E-state index in [0.29, 0.717) is 0 Å². The van der Waals surface area contributed by atoms with Crippen LogP contribution in [0.15, 0.2) is 35.7 Å². The highest BCUT2D eigenvalue weighted by Gasteiger charge is 2.12. The standard InChI is InChI=1S/C16H16N2O2S/c1-2-18-14-6-5-11(9-16(19)20)8-13(14)17-15(18)10-12-4-3-7-21-12/h3-8H,2,9-10H2,1H3,(H,19,20). The first-order valence-electron chi connectivity index (χ1n) is 6.89. The fraction of sp³-hybridized carbons (Fsp3) is 0.250. The van der Waals surface area contributed by atoms with Crippen LogP contribution in [0.4, 0.5) is 0 Å². The average molecular weight is 300 g/mol. The molecule has 1 aromatic carbocycles. The first-order valence-corrected chi connectivity index (χ1v) is 7.77. The molecule has 0 aliphatic rings. The third-order valence-corrected chi connectivity index (χ3v) is 4.35. The van der Waals surface area contributed by atoms with Gasteiger partial charge in [-0.15, -0.1) is 11.3 Å². The number of carboxylic acids is 1. The summed E-state index contributed by atoms with van der Waals surface area (Å²) in [7, 11) is 0. The number of carboxylic acid groups (broad SMARTS) is 1. The number of thiophene rings is 1. The SMILES string of the molecule is CCn1c(Cc2cccs2)nc2cc(CC(=O)O)ccc21. The van der Waals surface area contributed by atoms with Crippen molar-refractivity contribution in [1.82, 2.24) is 9.55 Å². The predicted octanol–water partition coefficient (Wildman–Crippen LogP) is 3.34. The summed E-state index contributed by atoms with van der Waals surface area (Å²) in [5, 5.41) is 11.0. The van der Waals surface area contributed by atoms with E-state index in [-0.39, 0.29) is 6.42 Å². The van der Waals surface area contributed by atoms with Gasteiger partial charge in [-0.1, -0.05) is 12.1 Å². The van der Waals surface area contributed by atoms with Gasteiger partial charge in [0.05, 0.1) is 17.5 Å². The molecule has 0 saturated heterocycles. The van der Waals surface area contributed by atoms with Gasteiger partial charge in [-0.05, 0) is 36.1 Å². The van der Waals surface area contributed by atoms with Crippen LogP contribution in [0.2, 0.25) is 0 Å². The summed E-state index contributed by atoms with van der Waals surface area (Å²) in [6.45, 7) is 2.96. The van der Waals surface area contributed by atoms with Crippen molar-refractivity contribution in [2.75, 3.05) is 0 Å². The Morgan fingerprint density at radius 1 is 1.38 bits per heavy atom. The lowest BCUT2D eigenvalue weighted by Crippen LogP contribution is -2.02. The second kappa shape index (κ2) is 5.69. The van der Waals surface area contributed by atoms with Crippen LogP contribution in [0, 0.1) is 0 Å². The van der Waals surface area contributed by atoms with Crippen molar-refractivity contribution < 1.29 is 9.90 Å². The van der Waals surface area contributed by atoms with Crippen molar-refractivity contribution in [2.45, 2.75) is 26.3 Å². The molecule has 0 aliphatic carbocycles. The minimum Gasteiger partial charge on any atom is -0.481 e. The number of fused-ring (bicyclic) bond motifs is 1. The lowest BCUT2D eigenvalue weighted by atomic mass is 10.1. The van der Waals surface area contributed by atoms with Gasteiger partial charge in [0.1, 0.15) is 5.82 Å². The van der Waals surface area contributed by atoms with Crippen molar-refractivity contribution in [2.24, 2.45) is 0 Å². The molecule has 0 aliphatic heterocycles. The van der Waals surface area contributed by atoms with Gasteiger partial charge in [-0.25, -0.2) is 4.98 Å². The first kappa shape index (κ1) is 13.8. The van der Waals surface area contributed by atoms with Crippen LogP contribution >= 0.6 is 11.3 Å². The zero-order valence-corrected chi connectivity index (χ0v) is 12.6. The van der Waals surface area contributed by atoms with Crippen LogP contribution < -0.4 is 0 Å². The summed E-state index contributed by atoms with van der Waals surface area (Å²) in [4.78, 5) is 16.8. The van der Waals surface area contributed by atoms with Crippen LogP contribution in [0.25, 0.3) is 11.0 Å². The second-order valence-electron chi connectivity index (χ2n) is 4.92. The van der Waals surface area contributed by atoms with Crippen molar-refractivity contribution in [3.8, 4) is 0 Å². The molecule has 4 nitrogen and oxygen atoms in total. The molecule has 5 heteroatoms. The minimum absolute atomic E-state index is 0.0369. The summed E-state index contributed by atoms with van der Waals surface area (Å²) < 4.78 is 2.19. The maximum atomic E-state index is 10.8. The van der Waals surface area contributed by atoms with Crippen LogP contribution in [-0.4, -0.2) is 20.6 Å². The third kappa shape index (κ3) is 2.83. The van der Waals surface area contributed by atoms with Crippen LogP contribution in [0.5, 0.6) is 0 Å². The molecule has 3 rings (SSSR count). The Bertz CT molecular complexity index is 775. The normalized spacial score (nSPS) is 11.1. The van der Waals surface area contributed by atoms with Gasteiger partial charge in [0.25, 0.3) is 0 Å². The number of carbonyl (C=O) groups is 1. The highest BCUT2D eigenvalue weighted by molar-refractivity contribution is 7.09. The number of aromatic nitrogens is 2. The number of aryl methyl sites for hydroxylation is 1. The molecule has 21 heavy (non-hydrogen) atoms. The summed E-state index contributed by atoms with van der Waals surface area (Å²) in [5.74, 6) is 0.213. The zero-order valence-electron chi connectivity index (χ0n) is 11.7. The van der Waals surface area contributed by atoms with E-state index in [2.05, 4.69) is 22.9 Å². The van der Waals surface area contributed by atoms with Crippen LogP contribution in [-0.2, 0) is 24.2 Å². The molecule has 108 valence electrons. The monoisotopic (exact) mass is 300 g/mol. The molecule has 0 unspecified atom stereocenters. The maximum Gasteiger partial charge on any atom is 0.307 e. The molecule has 0 amide bonds. The molecule has 0 fully saturated rings. The number of aliphatic carboxylic acids is 1. The highest BCUT2D eigenvalue weighted by atomic mass is 32.1. The maximum absolute atomic E-state index is 10.8. The second-order valence-corrected chi connectivity index (χ2v) is 5.95. The Morgan fingerprint density at radius 2 is 2.24 bits per heavy atom. The number of nitrogens with zero attached hydrogens (tertiary/aromatic N) is 2. The van der Waals surface area contributed by atoms with Gasteiger partial charge >= 0.3 is 5.97 Å². The molecule has 1 N–H and O–H groups in total. The fourth-order valence-electron chi connectivity index (χ4n) is 2.57. The molecule has 3 aromatic rings. The largest absolute Gasteiger partial charge is 0.481 e. The van der Waals surface area contributed by atoms with E-state index in [1.807, 2.05) is 24.3 Å². The van der Waals surface area contributed by atoms with E-state index in [9.17, 15) is 4.79 Å². The third-order valence-electron chi connectivity index (χ3n) is 3.48. The van der Waals surface area contributed by atoms with Gasteiger partial charge in [0.15, 0.2) is 0 Å². The Hall–Kier alpha value is -2.14. The average Bonchev–Trinajstić information content (AvgIpc) is 3.05. The molecule has 2 heterocycles. The van der Waals surface area contributed by atoms with E-state index >= 15 is 0 Å². The molecule has 0 radical (unpaired) electrons. The Morgan fingerprint density at radius 3 is 2.90 bits per heavy atom. The number of rotatable bonds is 5. The number of hydrogen-bond acceptors (Lipinski definition) is 3. The Kier molecular flexibility index (Phi) is 3.75. The summed E-state index contributed by atoms with van der Waals surface area (Å²) in [6.07, 6.45) is 0.851. The predicted molar refractivity (Wildman–Crippen MR) is 83.9 cm³/mol. The molecular weight excluding hydrogens is 284 g/mol. The Labute approximate surface area is 126 Å². The highest BCUT2D eigenvalue weighted by Crippen LogP contribution is 2.22. The molecule has 0 bridgehead atoms. The molecule has 2 aromatic heterocycles. The van der Waals surface area contributed by atoms with E-state index < -0.39 is 5.97 Å².